The number of pyridine rings is 1. The van der Waals surface area contributed by atoms with Crippen molar-refractivity contribution in [1.82, 2.24) is 15.0 Å². The maximum Gasteiger partial charge on any atom is 0.430 e. The van der Waals surface area contributed by atoms with Crippen LogP contribution in [0.2, 0.25) is 0 Å². The quantitative estimate of drug-likeness (QED) is 0.381. The SMILES string of the molecule is CCCOc1ccc(-c2ncccc2S(=O)(=O)N(C(=O)OCC(C)C)c2ncc(C)nc2OC)cc1. The molecular weight excluding hydrogens is 484 g/mol. The van der Waals surface area contributed by atoms with Crippen molar-refractivity contribution in [2.24, 2.45) is 5.92 Å². The molecule has 3 aromatic rings. The van der Waals surface area contributed by atoms with Crippen LogP contribution in [-0.2, 0) is 14.8 Å². The van der Waals surface area contributed by atoms with Gasteiger partial charge in [0.05, 0.1) is 37.9 Å². The fourth-order valence-electron chi connectivity index (χ4n) is 3.16. The predicted molar refractivity (Wildman–Crippen MR) is 135 cm³/mol. The molecule has 0 aliphatic rings. The number of aryl methyl sites for hydroxylation is 1. The Morgan fingerprint density at radius 3 is 2.47 bits per heavy atom. The molecule has 1 amide bonds. The fraction of sp³-hybridized carbons (Fsp3) is 0.360. The van der Waals surface area contributed by atoms with Gasteiger partial charge in [-0.05, 0) is 55.7 Å². The van der Waals surface area contributed by atoms with Crippen molar-refractivity contribution in [3.8, 4) is 22.9 Å². The number of amides is 1. The molecule has 0 aliphatic heterocycles. The number of carbonyl (C=O) groups is 1. The van der Waals surface area contributed by atoms with E-state index in [1.54, 1.807) is 31.2 Å². The van der Waals surface area contributed by atoms with E-state index in [0.717, 1.165) is 6.42 Å². The summed E-state index contributed by atoms with van der Waals surface area (Å²) in [5.41, 5.74) is 1.16. The third-order valence-electron chi connectivity index (χ3n) is 4.82. The van der Waals surface area contributed by atoms with E-state index in [4.69, 9.17) is 14.2 Å². The summed E-state index contributed by atoms with van der Waals surface area (Å²) in [5.74, 6) is 0.185. The number of hydrogen-bond acceptors (Lipinski definition) is 9. The average Bonchev–Trinajstić information content (AvgIpc) is 2.87. The second kappa shape index (κ2) is 11.8. The van der Waals surface area contributed by atoms with Gasteiger partial charge in [-0.1, -0.05) is 20.8 Å². The number of hydrogen-bond donors (Lipinski definition) is 0. The van der Waals surface area contributed by atoms with E-state index in [0.29, 0.717) is 27.9 Å². The zero-order valence-electron chi connectivity index (χ0n) is 21.0. The molecular formula is C25H30N4O6S. The molecule has 11 heteroatoms. The number of nitrogens with zero attached hydrogens (tertiary/aromatic N) is 4. The van der Waals surface area contributed by atoms with Crippen LogP contribution in [-0.4, -0.2) is 49.8 Å². The maximum atomic E-state index is 14.0. The van der Waals surface area contributed by atoms with E-state index in [1.165, 1.54) is 31.6 Å². The molecule has 0 radical (unpaired) electrons. The van der Waals surface area contributed by atoms with Gasteiger partial charge in [0.2, 0.25) is 5.82 Å². The second-order valence-electron chi connectivity index (χ2n) is 8.31. The summed E-state index contributed by atoms with van der Waals surface area (Å²) in [4.78, 5) is 25.6. The summed E-state index contributed by atoms with van der Waals surface area (Å²) in [5, 5.41) is 0. The highest BCUT2D eigenvalue weighted by Gasteiger charge is 2.38. The molecule has 0 N–H and O–H groups in total. The fourth-order valence-corrected chi connectivity index (χ4v) is 4.63. The van der Waals surface area contributed by atoms with Crippen molar-refractivity contribution >= 4 is 21.9 Å². The van der Waals surface area contributed by atoms with Gasteiger partial charge in [0, 0.05) is 11.8 Å². The highest BCUT2D eigenvalue weighted by Crippen LogP contribution is 2.34. The zero-order chi connectivity index (χ0) is 26.3. The Labute approximate surface area is 211 Å². The van der Waals surface area contributed by atoms with Crippen LogP contribution < -0.4 is 13.8 Å². The third kappa shape index (κ3) is 6.09. The lowest BCUT2D eigenvalue weighted by Gasteiger charge is -2.23. The van der Waals surface area contributed by atoms with Crippen molar-refractivity contribution in [2.45, 2.75) is 39.0 Å². The lowest BCUT2D eigenvalue weighted by molar-refractivity contribution is 0.143. The van der Waals surface area contributed by atoms with Crippen LogP contribution in [0, 0.1) is 12.8 Å². The van der Waals surface area contributed by atoms with E-state index in [-0.39, 0.29) is 34.8 Å². The summed E-state index contributed by atoms with van der Waals surface area (Å²) in [6, 6.07) is 9.74. The van der Waals surface area contributed by atoms with E-state index >= 15 is 0 Å². The van der Waals surface area contributed by atoms with Crippen LogP contribution in [0.1, 0.15) is 32.9 Å². The topological polar surface area (TPSA) is 121 Å². The molecule has 0 unspecified atom stereocenters. The molecule has 0 fully saturated rings. The number of methoxy groups -OCH3 is 1. The summed E-state index contributed by atoms with van der Waals surface area (Å²) in [6.45, 7) is 7.92. The molecule has 0 atom stereocenters. The molecule has 10 nitrogen and oxygen atoms in total. The summed E-state index contributed by atoms with van der Waals surface area (Å²) >= 11 is 0. The summed E-state index contributed by atoms with van der Waals surface area (Å²) in [7, 11) is -3.25. The lowest BCUT2D eigenvalue weighted by Crippen LogP contribution is -2.39. The molecule has 192 valence electrons. The molecule has 2 heterocycles. The van der Waals surface area contributed by atoms with E-state index in [2.05, 4.69) is 15.0 Å². The molecule has 1 aromatic carbocycles. The molecule has 0 spiro atoms. The number of ether oxygens (including phenoxy) is 3. The Morgan fingerprint density at radius 1 is 1.11 bits per heavy atom. The minimum Gasteiger partial charge on any atom is -0.494 e. The monoisotopic (exact) mass is 514 g/mol. The minimum atomic E-state index is -4.57. The second-order valence-corrected chi connectivity index (χ2v) is 10.1. The van der Waals surface area contributed by atoms with Crippen molar-refractivity contribution in [3.63, 3.8) is 0 Å². The smallest absolute Gasteiger partial charge is 0.430 e. The normalized spacial score (nSPS) is 11.3. The van der Waals surface area contributed by atoms with Crippen LogP contribution in [0.5, 0.6) is 11.6 Å². The third-order valence-corrected chi connectivity index (χ3v) is 6.51. The molecule has 3 rings (SSSR count). The van der Waals surface area contributed by atoms with Crippen molar-refractivity contribution in [3.05, 3.63) is 54.5 Å². The Kier molecular flexibility index (Phi) is 8.81. The van der Waals surface area contributed by atoms with Crippen molar-refractivity contribution < 1.29 is 27.4 Å². The number of benzene rings is 1. The van der Waals surface area contributed by atoms with E-state index in [1.807, 2.05) is 20.8 Å². The number of anilines is 1. The van der Waals surface area contributed by atoms with Crippen LogP contribution in [0.4, 0.5) is 10.6 Å². The zero-order valence-corrected chi connectivity index (χ0v) is 21.8. The number of sulfonamides is 1. The van der Waals surface area contributed by atoms with Crippen molar-refractivity contribution in [1.29, 1.82) is 0 Å². The van der Waals surface area contributed by atoms with Gasteiger partial charge in [-0.25, -0.2) is 23.2 Å². The Hall–Kier alpha value is -3.73. The Bertz CT molecular complexity index is 1300. The molecule has 0 aliphatic carbocycles. The van der Waals surface area contributed by atoms with Gasteiger partial charge in [-0.3, -0.25) is 4.98 Å². The summed E-state index contributed by atoms with van der Waals surface area (Å²) in [6.07, 6.45) is 2.55. The van der Waals surface area contributed by atoms with Gasteiger partial charge in [0.15, 0.2) is 0 Å². The van der Waals surface area contributed by atoms with Crippen LogP contribution in [0.25, 0.3) is 11.3 Å². The highest BCUT2D eigenvalue weighted by molar-refractivity contribution is 7.93. The maximum absolute atomic E-state index is 14.0. The van der Waals surface area contributed by atoms with Crippen LogP contribution in [0.15, 0.2) is 53.7 Å². The number of aromatic nitrogens is 3. The predicted octanol–water partition coefficient (Wildman–Crippen LogP) is 4.63. The first-order valence-corrected chi connectivity index (χ1v) is 12.9. The standard InChI is InChI=1S/C25H30N4O6S/c1-6-14-34-20-11-9-19(10-12-20)22-21(8-7-13-26-22)36(31,32)29(25(30)35-16-17(2)3)23-24(33-5)28-18(4)15-27-23/h7-13,15,17H,6,14,16H2,1-5H3. The highest BCUT2D eigenvalue weighted by atomic mass is 32.2. The number of carbonyl (C=O) groups excluding carboxylic acids is 1. The molecule has 36 heavy (non-hydrogen) atoms. The largest absolute Gasteiger partial charge is 0.494 e. The summed E-state index contributed by atoms with van der Waals surface area (Å²) < 4.78 is 44.7. The van der Waals surface area contributed by atoms with E-state index < -0.39 is 16.1 Å². The minimum absolute atomic E-state index is 0.00553. The van der Waals surface area contributed by atoms with E-state index in [9.17, 15) is 13.2 Å². The van der Waals surface area contributed by atoms with Gasteiger partial charge in [-0.2, -0.15) is 0 Å². The average molecular weight is 515 g/mol. The van der Waals surface area contributed by atoms with Gasteiger partial charge in [-0.15, -0.1) is 4.31 Å². The van der Waals surface area contributed by atoms with Gasteiger partial charge >= 0.3 is 6.09 Å². The number of rotatable bonds is 10. The Morgan fingerprint density at radius 2 is 1.83 bits per heavy atom. The molecule has 2 aromatic heterocycles. The first kappa shape index (κ1) is 26.9. The first-order valence-electron chi connectivity index (χ1n) is 11.5. The van der Waals surface area contributed by atoms with Gasteiger partial charge in [0.25, 0.3) is 15.9 Å². The van der Waals surface area contributed by atoms with Crippen molar-refractivity contribution in [2.75, 3.05) is 24.6 Å². The van der Waals surface area contributed by atoms with Crippen LogP contribution in [0.3, 0.4) is 0 Å². The van der Waals surface area contributed by atoms with Gasteiger partial charge < -0.3 is 14.2 Å². The first-order chi connectivity index (χ1) is 17.2. The molecule has 0 bridgehead atoms. The molecule has 0 saturated carbocycles. The van der Waals surface area contributed by atoms with Gasteiger partial charge in [0.1, 0.15) is 10.6 Å². The molecule has 0 saturated heterocycles. The Balaban J connectivity index is 2.13. The van der Waals surface area contributed by atoms with Crippen LogP contribution >= 0.6 is 0 Å². The lowest BCUT2D eigenvalue weighted by atomic mass is 10.1.